The van der Waals surface area contributed by atoms with Crippen LogP contribution in [-0.4, -0.2) is 38.1 Å². The van der Waals surface area contributed by atoms with Crippen LogP contribution in [0.1, 0.15) is 47.0 Å². The normalized spacial score (nSPS) is 27.2. The van der Waals surface area contributed by atoms with Gasteiger partial charge in [-0.1, -0.05) is 27.7 Å². The lowest BCUT2D eigenvalue weighted by Crippen LogP contribution is -2.41. The Kier molecular flexibility index (Phi) is 5.94. The van der Waals surface area contributed by atoms with Gasteiger partial charge in [-0.15, -0.1) is 0 Å². The SMILES string of the molecule is CCCNCC(C)(CC)CN(C)CC1CC1C. The lowest BCUT2D eigenvalue weighted by molar-refractivity contribution is 0.174. The van der Waals surface area contributed by atoms with Crippen LogP contribution in [0.4, 0.5) is 0 Å². The quantitative estimate of drug-likeness (QED) is 0.623. The van der Waals surface area contributed by atoms with Gasteiger partial charge in [-0.2, -0.15) is 0 Å². The Morgan fingerprint density at radius 3 is 2.47 bits per heavy atom. The molecule has 102 valence electrons. The minimum absolute atomic E-state index is 0.433. The van der Waals surface area contributed by atoms with Gasteiger partial charge in [-0.05, 0) is 50.1 Å². The van der Waals surface area contributed by atoms with Crippen molar-refractivity contribution in [2.24, 2.45) is 17.3 Å². The third-order valence-electron chi connectivity index (χ3n) is 4.31. The minimum atomic E-state index is 0.433. The van der Waals surface area contributed by atoms with E-state index in [0.29, 0.717) is 5.41 Å². The van der Waals surface area contributed by atoms with E-state index in [0.717, 1.165) is 24.9 Å². The Morgan fingerprint density at radius 2 is 2.00 bits per heavy atom. The molecule has 0 aromatic heterocycles. The molecule has 1 N–H and O–H groups in total. The molecular weight excluding hydrogens is 208 g/mol. The molecule has 0 aliphatic heterocycles. The minimum Gasteiger partial charge on any atom is -0.316 e. The van der Waals surface area contributed by atoms with Crippen molar-refractivity contribution in [2.75, 3.05) is 33.2 Å². The van der Waals surface area contributed by atoms with E-state index in [4.69, 9.17) is 0 Å². The molecule has 17 heavy (non-hydrogen) atoms. The molecule has 0 aromatic rings. The van der Waals surface area contributed by atoms with Crippen molar-refractivity contribution in [1.82, 2.24) is 10.2 Å². The third-order valence-corrected chi connectivity index (χ3v) is 4.31. The first-order chi connectivity index (χ1) is 8.00. The lowest BCUT2D eigenvalue weighted by atomic mass is 9.86. The van der Waals surface area contributed by atoms with Gasteiger partial charge in [0.2, 0.25) is 0 Å². The summed E-state index contributed by atoms with van der Waals surface area (Å²) in [7, 11) is 2.29. The van der Waals surface area contributed by atoms with Crippen LogP contribution in [0.15, 0.2) is 0 Å². The van der Waals surface area contributed by atoms with Crippen molar-refractivity contribution in [3.8, 4) is 0 Å². The first-order valence-corrected chi connectivity index (χ1v) is 7.40. The molecule has 0 heterocycles. The molecule has 0 radical (unpaired) electrons. The molecular formula is C15H32N2. The summed E-state index contributed by atoms with van der Waals surface area (Å²) in [5, 5.41) is 3.58. The van der Waals surface area contributed by atoms with E-state index < -0.39 is 0 Å². The second-order valence-corrected chi connectivity index (χ2v) is 6.51. The summed E-state index contributed by atoms with van der Waals surface area (Å²) in [5.74, 6) is 1.95. The lowest BCUT2D eigenvalue weighted by Gasteiger charge is -2.33. The highest BCUT2D eigenvalue weighted by Gasteiger charge is 2.34. The maximum atomic E-state index is 3.58. The molecule has 0 bridgehead atoms. The monoisotopic (exact) mass is 240 g/mol. The largest absolute Gasteiger partial charge is 0.316 e. The van der Waals surface area contributed by atoms with Gasteiger partial charge in [0.1, 0.15) is 0 Å². The molecule has 1 rings (SSSR count). The summed E-state index contributed by atoms with van der Waals surface area (Å²) in [4.78, 5) is 2.55. The Hall–Kier alpha value is -0.0800. The zero-order valence-corrected chi connectivity index (χ0v) is 12.6. The van der Waals surface area contributed by atoms with Crippen LogP contribution in [0.3, 0.4) is 0 Å². The fourth-order valence-electron chi connectivity index (χ4n) is 2.63. The van der Waals surface area contributed by atoms with Crippen LogP contribution in [-0.2, 0) is 0 Å². The average molecular weight is 240 g/mol. The second kappa shape index (κ2) is 6.75. The number of rotatable bonds is 9. The van der Waals surface area contributed by atoms with E-state index in [2.05, 4.69) is 45.0 Å². The number of hydrogen-bond acceptors (Lipinski definition) is 2. The van der Waals surface area contributed by atoms with Crippen LogP contribution in [0.2, 0.25) is 0 Å². The van der Waals surface area contributed by atoms with Gasteiger partial charge >= 0.3 is 0 Å². The van der Waals surface area contributed by atoms with Gasteiger partial charge in [0, 0.05) is 19.6 Å². The third kappa shape index (κ3) is 5.39. The molecule has 0 saturated heterocycles. The summed E-state index contributed by atoms with van der Waals surface area (Å²) in [5.41, 5.74) is 0.433. The van der Waals surface area contributed by atoms with Crippen molar-refractivity contribution < 1.29 is 0 Å². The first kappa shape index (κ1) is 15.0. The fourth-order valence-corrected chi connectivity index (χ4v) is 2.63. The summed E-state index contributed by atoms with van der Waals surface area (Å²) < 4.78 is 0. The highest BCUT2D eigenvalue weighted by atomic mass is 15.1. The van der Waals surface area contributed by atoms with E-state index in [-0.39, 0.29) is 0 Å². The smallest absolute Gasteiger partial charge is 0.00444 e. The summed E-state index contributed by atoms with van der Waals surface area (Å²) in [6.07, 6.45) is 3.94. The zero-order chi connectivity index (χ0) is 12.9. The number of nitrogens with one attached hydrogen (secondary N) is 1. The average Bonchev–Trinajstić information content (AvgIpc) is 2.94. The first-order valence-electron chi connectivity index (χ1n) is 7.40. The molecule has 0 aromatic carbocycles. The molecule has 1 aliphatic carbocycles. The maximum absolute atomic E-state index is 3.58. The van der Waals surface area contributed by atoms with Gasteiger partial charge in [0.05, 0.1) is 0 Å². The van der Waals surface area contributed by atoms with Crippen LogP contribution >= 0.6 is 0 Å². The van der Waals surface area contributed by atoms with Crippen LogP contribution in [0.5, 0.6) is 0 Å². The van der Waals surface area contributed by atoms with Crippen LogP contribution in [0, 0.1) is 17.3 Å². The van der Waals surface area contributed by atoms with E-state index >= 15 is 0 Å². The second-order valence-electron chi connectivity index (χ2n) is 6.51. The predicted octanol–water partition coefficient (Wildman–Crippen LogP) is 2.99. The molecule has 1 aliphatic rings. The van der Waals surface area contributed by atoms with Gasteiger partial charge in [-0.3, -0.25) is 0 Å². The van der Waals surface area contributed by atoms with Crippen molar-refractivity contribution in [2.45, 2.75) is 47.0 Å². The summed E-state index contributed by atoms with van der Waals surface area (Å²) in [6.45, 7) is 14.2. The molecule has 1 fully saturated rings. The Labute approximate surface area is 108 Å². The van der Waals surface area contributed by atoms with Crippen molar-refractivity contribution in [1.29, 1.82) is 0 Å². The predicted molar refractivity (Wildman–Crippen MR) is 76.3 cm³/mol. The highest BCUT2D eigenvalue weighted by Crippen LogP contribution is 2.38. The molecule has 3 atom stereocenters. The summed E-state index contributed by atoms with van der Waals surface area (Å²) >= 11 is 0. The van der Waals surface area contributed by atoms with Crippen molar-refractivity contribution in [3.05, 3.63) is 0 Å². The topological polar surface area (TPSA) is 15.3 Å². The fraction of sp³-hybridized carbons (Fsp3) is 1.00. The van der Waals surface area contributed by atoms with E-state index in [1.165, 1.54) is 32.4 Å². The van der Waals surface area contributed by atoms with Gasteiger partial charge in [0.25, 0.3) is 0 Å². The molecule has 3 unspecified atom stereocenters. The van der Waals surface area contributed by atoms with E-state index in [9.17, 15) is 0 Å². The molecule has 2 nitrogen and oxygen atoms in total. The van der Waals surface area contributed by atoms with Crippen molar-refractivity contribution in [3.63, 3.8) is 0 Å². The Morgan fingerprint density at radius 1 is 1.35 bits per heavy atom. The van der Waals surface area contributed by atoms with E-state index in [1.807, 2.05) is 0 Å². The van der Waals surface area contributed by atoms with Gasteiger partial charge in [0.15, 0.2) is 0 Å². The van der Waals surface area contributed by atoms with Gasteiger partial charge in [-0.25, -0.2) is 0 Å². The maximum Gasteiger partial charge on any atom is 0.00444 e. The standard InChI is InChI=1S/C15H32N2/c1-6-8-16-11-15(4,7-2)12-17(5)10-14-9-13(14)3/h13-14,16H,6-12H2,1-5H3. The van der Waals surface area contributed by atoms with Crippen molar-refractivity contribution >= 4 is 0 Å². The Bertz CT molecular complexity index is 217. The summed E-state index contributed by atoms with van der Waals surface area (Å²) in [6, 6.07) is 0. The molecule has 0 spiro atoms. The zero-order valence-electron chi connectivity index (χ0n) is 12.6. The number of nitrogens with zero attached hydrogens (tertiary/aromatic N) is 1. The van der Waals surface area contributed by atoms with Crippen LogP contribution < -0.4 is 5.32 Å². The Balaban J connectivity index is 2.27. The highest BCUT2D eigenvalue weighted by molar-refractivity contribution is 4.86. The van der Waals surface area contributed by atoms with Crippen LogP contribution in [0.25, 0.3) is 0 Å². The van der Waals surface area contributed by atoms with Gasteiger partial charge < -0.3 is 10.2 Å². The molecule has 2 heteroatoms. The van der Waals surface area contributed by atoms with E-state index in [1.54, 1.807) is 0 Å². The number of hydrogen-bond donors (Lipinski definition) is 1. The molecule has 1 saturated carbocycles. The molecule has 0 amide bonds.